The van der Waals surface area contributed by atoms with Crippen molar-refractivity contribution in [3.8, 4) is 0 Å². The van der Waals surface area contributed by atoms with Crippen molar-refractivity contribution >= 4 is 22.4 Å². The van der Waals surface area contributed by atoms with E-state index >= 15 is 0 Å². The fraction of sp³-hybridized carbons (Fsp3) is 0.467. The molecule has 0 saturated heterocycles. The van der Waals surface area contributed by atoms with E-state index in [0.29, 0.717) is 12.6 Å². The number of rotatable bonds is 7. The van der Waals surface area contributed by atoms with E-state index < -0.39 is 0 Å². The number of hydrogen-bond donors (Lipinski definition) is 0. The largest absolute Gasteiger partial charge is 0.467 e. The number of carbonyl (C=O) groups excluding carboxylic acids is 1. The lowest BCUT2D eigenvalue weighted by atomic mass is 10.3. The highest BCUT2D eigenvalue weighted by Gasteiger charge is 2.31. The molecule has 0 aromatic carbocycles. The summed E-state index contributed by atoms with van der Waals surface area (Å²) in [5, 5.41) is 2.89. The molecule has 0 amide bonds. The zero-order chi connectivity index (χ0) is 14.7. The Morgan fingerprint density at radius 1 is 1.57 bits per heavy atom. The topological polar surface area (TPSA) is 55.6 Å². The van der Waals surface area contributed by atoms with Gasteiger partial charge in [-0.25, -0.2) is 4.98 Å². The van der Waals surface area contributed by atoms with Gasteiger partial charge in [0.15, 0.2) is 5.13 Å². The van der Waals surface area contributed by atoms with Crippen LogP contribution in [0.1, 0.15) is 31.2 Å². The molecule has 0 spiro atoms. The molecule has 0 bridgehead atoms. The number of carbonyl (C=O) groups is 1. The standard InChI is InChI=1S/C15H18N2O3S/c1-2-19-14(18)8-11-10-21-15(16-11)17(12-5-6-12)9-13-4-3-7-20-13/h3-4,7,10,12H,2,5-6,8-9H2,1H3. The zero-order valence-corrected chi connectivity index (χ0v) is 12.8. The number of esters is 1. The molecule has 5 nitrogen and oxygen atoms in total. The van der Waals surface area contributed by atoms with Gasteiger partial charge in [0.05, 0.1) is 31.5 Å². The molecular weight excluding hydrogens is 288 g/mol. The maximum absolute atomic E-state index is 11.5. The summed E-state index contributed by atoms with van der Waals surface area (Å²) in [7, 11) is 0. The van der Waals surface area contributed by atoms with Crippen molar-refractivity contribution in [1.29, 1.82) is 0 Å². The van der Waals surface area contributed by atoms with Crippen molar-refractivity contribution in [2.45, 2.75) is 38.8 Å². The minimum absolute atomic E-state index is 0.224. The summed E-state index contributed by atoms with van der Waals surface area (Å²) in [5.41, 5.74) is 0.776. The Morgan fingerprint density at radius 2 is 2.43 bits per heavy atom. The normalized spacial score (nSPS) is 14.1. The number of ether oxygens (including phenoxy) is 1. The summed E-state index contributed by atoms with van der Waals surface area (Å²) in [6.07, 6.45) is 4.30. The van der Waals surface area contributed by atoms with Gasteiger partial charge in [-0.2, -0.15) is 0 Å². The van der Waals surface area contributed by atoms with Crippen LogP contribution in [0.3, 0.4) is 0 Å². The van der Waals surface area contributed by atoms with E-state index in [1.807, 2.05) is 24.4 Å². The number of thiazole rings is 1. The minimum atomic E-state index is -0.224. The van der Waals surface area contributed by atoms with Gasteiger partial charge in [-0.1, -0.05) is 0 Å². The molecule has 112 valence electrons. The first kappa shape index (κ1) is 14.1. The van der Waals surface area contributed by atoms with Gasteiger partial charge in [0, 0.05) is 11.4 Å². The lowest BCUT2D eigenvalue weighted by Gasteiger charge is -2.19. The van der Waals surface area contributed by atoms with Crippen molar-refractivity contribution in [2.75, 3.05) is 11.5 Å². The number of hydrogen-bond acceptors (Lipinski definition) is 6. The highest BCUT2D eigenvalue weighted by Crippen LogP contribution is 2.35. The Morgan fingerprint density at radius 3 is 3.10 bits per heavy atom. The van der Waals surface area contributed by atoms with Gasteiger partial charge in [-0.3, -0.25) is 4.79 Å². The predicted molar refractivity (Wildman–Crippen MR) is 80.4 cm³/mol. The van der Waals surface area contributed by atoms with Gasteiger partial charge in [-0.05, 0) is 31.9 Å². The van der Waals surface area contributed by atoms with Gasteiger partial charge >= 0.3 is 5.97 Å². The van der Waals surface area contributed by atoms with Crippen LogP contribution in [0.4, 0.5) is 5.13 Å². The molecule has 0 aliphatic heterocycles. The maximum atomic E-state index is 11.5. The van der Waals surface area contributed by atoms with Crippen LogP contribution in [0.5, 0.6) is 0 Å². The molecule has 0 radical (unpaired) electrons. The third kappa shape index (κ3) is 3.64. The van der Waals surface area contributed by atoms with Crippen molar-refractivity contribution in [2.24, 2.45) is 0 Å². The second-order valence-corrected chi connectivity index (χ2v) is 5.88. The molecule has 0 N–H and O–H groups in total. The van der Waals surface area contributed by atoms with Crippen molar-refractivity contribution in [3.63, 3.8) is 0 Å². The Bertz CT molecular complexity index is 590. The number of furan rings is 1. The first-order chi connectivity index (χ1) is 10.3. The molecule has 0 unspecified atom stereocenters. The summed E-state index contributed by atoms with van der Waals surface area (Å²) in [4.78, 5) is 18.3. The number of anilines is 1. The van der Waals surface area contributed by atoms with Crippen LogP contribution in [0, 0.1) is 0 Å². The van der Waals surface area contributed by atoms with E-state index in [1.54, 1.807) is 17.6 Å². The average Bonchev–Trinajstić information content (AvgIpc) is 2.98. The summed E-state index contributed by atoms with van der Waals surface area (Å²) in [6.45, 7) is 2.94. The lowest BCUT2D eigenvalue weighted by Crippen LogP contribution is -2.24. The third-order valence-corrected chi connectivity index (χ3v) is 4.24. The van der Waals surface area contributed by atoms with Crippen LogP contribution in [-0.4, -0.2) is 23.6 Å². The molecule has 1 fully saturated rings. The minimum Gasteiger partial charge on any atom is -0.467 e. The van der Waals surface area contributed by atoms with E-state index in [-0.39, 0.29) is 12.4 Å². The Labute approximate surface area is 127 Å². The Balaban J connectivity index is 1.68. The van der Waals surface area contributed by atoms with Crippen LogP contribution < -0.4 is 4.90 Å². The molecule has 1 aliphatic rings. The van der Waals surface area contributed by atoms with Gasteiger partial charge in [0.1, 0.15) is 5.76 Å². The molecule has 6 heteroatoms. The quantitative estimate of drug-likeness (QED) is 0.736. The van der Waals surface area contributed by atoms with Gasteiger partial charge in [-0.15, -0.1) is 11.3 Å². The summed E-state index contributed by atoms with van der Waals surface area (Å²) in [5.74, 6) is 0.711. The van der Waals surface area contributed by atoms with Crippen LogP contribution in [0.2, 0.25) is 0 Å². The van der Waals surface area contributed by atoms with E-state index in [2.05, 4.69) is 9.88 Å². The second-order valence-electron chi connectivity index (χ2n) is 5.04. The van der Waals surface area contributed by atoms with Gasteiger partial charge < -0.3 is 14.1 Å². The van der Waals surface area contributed by atoms with Gasteiger partial charge in [0.25, 0.3) is 0 Å². The molecule has 2 aromatic rings. The van der Waals surface area contributed by atoms with E-state index in [1.165, 1.54) is 12.8 Å². The molecular formula is C15H18N2O3S. The molecule has 3 rings (SSSR count). The molecule has 1 aliphatic carbocycles. The number of aromatic nitrogens is 1. The summed E-state index contributed by atoms with van der Waals surface area (Å²) >= 11 is 1.57. The second kappa shape index (κ2) is 6.30. The van der Waals surface area contributed by atoms with E-state index in [9.17, 15) is 4.79 Å². The average molecular weight is 306 g/mol. The van der Waals surface area contributed by atoms with Crippen LogP contribution in [-0.2, 0) is 22.5 Å². The molecule has 1 saturated carbocycles. The number of nitrogens with zero attached hydrogens (tertiary/aromatic N) is 2. The Kier molecular flexibility index (Phi) is 4.24. The van der Waals surface area contributed by atoms with Crippen molar-refractivity contribution in [3.05, 3.63) is 35.2 Å². The molecule has 0 atom stereocenters. The predicted octanol–water partition coefficient (Wildman–Crippen LogP) is 3.01. The lowest BCUT2D eigenvalue weighted by molar-refractivity contribution is -0.142. The van der Waals surface area contributed by atoms with Crippen LogP contribution in [0.25, 0.3) is 0 Å². The fourth-order valence-corrected chi connectivity index (χ4v) is 3.08. The SMILES string of the molecule is CCOC(=O)Cc1csc(N(Cc2ccco2)C2CC2)n1. The van der Waals surface area contributed by atoms with E-state index in [0.717, 1.165) is 23.1 Å². The highest BCUT2D eigenvalue weighted by molar-refractivity contribution is 7.13. The first-order valence-electron chi connectivity index (χ1n) is 7.15. The first-order valence-corrected chi connectivity index (χ1v) is 8.03. The van der Waals surface area contributed by atoms with Gasteiger partial charge in [0.2, 0.25) is 0 Å². The summed E-state index contributed by atoms with van der Waals surface area (Å²) in [6, 6.07) is 4.41. The van der Waals surface area contributed by atoms with Crippen molar-refractivity contribution in [1.82, 2.24) is 4.98 Å². The summed E-state index contributed by atoms with van der Waals surface area (Å²) < 4.78 is 10.4. The highest BCUT2D eigenvalue weighted by atomic mass is 32.1. The molecule has 2 aromatic heterocycles. The zero-order valence-electron chi connectivity index (χ0n) is 11.9. The fourth-order valence-electron chi connectivity index (χ4n) is 2.18. The monoisotopic (exact) mass is 306 g/mol. The maximum Gasteiger partial charge on any atom is 0.311 e. The Hall–Kier alpha value is -1.82. The van der Waals surface area contributed by atoms with Crippen LogP contribution in [0.15, 0.2) is 28.2 Å². The third-order valence-electron chi connectivity index (χ3n) is 3.31. The van der Waals surface area contributed by atoms with E-state index in [4.69, 9.17) is 9.15 Å². The van der Waals surface area contributed by atoms with Crippen molar-refractivity contribution < 1.29 is 13.9 Å². The van der Waals surface area contributed by atoms with Crippen LogP contribution >= 0.6 is 11.3 Å². The smallest absolute Gasteiger partial charge is 0.311 e. The molecule has 2 heterocycles. The molecule has 21 heavy (non-hydrogen) atoms.